The second-order valence-corrected chi connectivity index (χ2v) is 7.18. The van der Waals surface area contributed by atoms with Gasteiger partial charge in [-0.15, -0.1) is 0 Å². The lowest BCUT2D eigenvalue weighted by atomic mass is 9.91. The van der Waals surface area contributed by atoms with Crippen molar-refractivity contribution in [1.29, 1.82) is 0 Å². The van der Waals surface area contributed by atoms with E-state index in [9.17, 15) is 23.4 Å². The van der Waals surface area contributed by atoms with Crippen LogP contribution in [-0.2, 0) is 11.2 Å². The van der Waals surface area contributed by atoms with Gasteiger partial charge >= 0.3 is 6.18 Å². The Hall–Kier alpha value is -2.05. The van der Waals surface area contributed by atoms with E-state index in [-0.39, 0.29) is 11.3 Å². The number of benzene rings is 2. The fourth-order valence-electron chi connectivity index (χ4n) is 2.80. The summed E-state index contributed by atoms with van der Waals surface area (Å²) in [6.07, 6.45) is -4.81. The first kappa shape index (κ1) is 20.3. The van der Waals surface area contributed by atoms with E-state index in [4.69, 9.17) is 4.74 Å². The van der Waals surface area contributed by atoms with Crippen molar-refractivity contribution in [3.63, 3.8) is 0 Å². The molecule has 26 heavy (non-hydrogen) atoms. The molecule has 0 spiro atoms. The molecule has 1 atom stereocenters. The minimum absolute atomic E-state index is 0.167. The number of halogens is 3. The molecule has 3 nitrogen and oxygen atoms in total. The summed E-state index contributed by atoms with van der Waals surface area (Å²) in [6.45, 7) is 7.35. The van der Waals surface area contributed by atoms with E-state index in [1.807, 2.05) is 6.92 Å². The second-order valence-electron chi connectivity index (χ2n) is 7.18. The Morgan fingerprint density at radius 3 is 1.62 bits per heavy atom. The molecule has 2 aromatic carbocycles. The van der Waals surface area contributed by atoms with Gasteiger partial charge in [0.25, 0.3) is 0 Å². The van der Waals surface area contributed by atoms with Crippen molar-refractivity contribution in [2.75, 3.05) is 0 Å². The SMILES string of the molecule is Cc1ccc(Oc2ccc(C)c(C(C)(O)C(F)(F)F)c2)cc1C(C)(C)O. The van der Waals surface area contributed by atoms with Crippen molar-refractivity contribution in [2.24, 2.45) is 0 Å². The monoisotopic (exact) mass is 368 g/mol. The van der Waals surface area contributed by atoms with Crippen LogP contribution in [0.2, 0.25) is 0 Å². The third kappa shape index (κ3) is 4.02. The largest absolute Gasteiger partial charge is 0.457 e. The molecule has 0 saturated carbocycles. The van der Waals surface area contributed by atoms with Gasteiger partial charge in [-0.2, -0.15) is 13.2 Å². The van der Waals surface area contributed by atoms with Crippen LogP contribution in [0.5, 0.6) is 11.5 Å². The molecule has 6 heteroatoms. The quantitative estimate of drug-likeness (QED) is 0.790. The van der Waals surface area contributed by atoms with Crippen LogP contribution < -0.4 is 4.74 Å². The highest BCUT2D eigenvalue weighted by Crippen LogP contribution is 2.41. The molecular weight excluding hydrogens is 345 g/mol. The highest BCUT2D eigenvalue weighted by atomic mass is 19.4. The van der Waals surface area contributed by atoms with Crippen LogP contribution >= 0.6 is 0 Å². The predicted molar refractivity (Wildman–Crippen MR) is 93.3 cm³/mol. The Labute approximate surface area is 151 Å². The minimum atomic E-state index is -4.81. The van der Waals surface area contributed by atoms with Gasteiger partial charge in [0.05, 0.1) is 5.60 Å². The van der Waals surface area contributed by atoms with Crippen molar-refractivity contribution in [3.8, 4) is 11.5 Å². The molecule has 2 N–H and O–H groups in total. The minimum Gasteiger partial charge on any atom is -0.457 e. The molecule has 2 aromatic rings. The molecule has 0 aliphatic rings. The van der Waals surface area contributed by atoms with Crippen molar-refractivity contribution >= 4 is 0 Å². The summed E-state index contributed by atoms with van der Waals surface area (Å²) in [5.74, 6) is 0.551. The lowest BCUT2D eigenvalue weighted by Gasteiger charge is -2.28. The van der Waals surface area contributed by atoms with Crippen molar-refractivity contribution in [3.05, 3.63) is 58.7 Å². The van der Waals surface area contributed by atoms with Crippen molar-refractivity contribution in [2.45, 2.75) is 52.0 Å². The highest BCUT2D eigenvalue weighted by Gasteiger charge is 2.51. The molecule has 1 unspecified atom stereocenters. The summed E-state index contributed by atoms with van der Waals surface area (Å²) in [4.78, 5) is 0. The third-order valence-corrected chi connectivity index (χ3v) is 4.39. The van der Waals surface area contributed by atoms with Gasteiger partial charge in [-0.25, -0.2) is 0 Å². The highest BCUT2D eigenvalue weighted by molar-refractivity contribution is 5.43. The van der Waals surface area contributed by atoms with Crippen LogP contribution in [0.15, 0.2) is 36.4 Å². The molecule has 0 aliphatic carbocycles. The van der Waals surface area contributed by atoms with Gasteiger partial charge in [-0.1, -0.05) is 12.1 Å². The van der Waals surface area contributed by atoms with Crippen LogP contribution in [0.3, 0.4) is 0 Å². The normalized spacial score (nSPS) is 14.8. The molecule has 0 fully saturated rings. The molecule has 0 radical (unpaired) electrons. The van der Waals surface area contributed by atoms with E-state index >= 15 is 0 Å². The zero-order valence-corrected chi connectivity index (χ0v) is 15.4. The molecule has 0 aliphatic heterocycles. The molecule has 0 saturated heterocycles. The van der Waals surface area contributed by atoms with Gasteiger partial charge in [-0.05, 0) is 81.1 Å². The molecule has 0 bridgehead atoms. The Morgan fingerprint density at radius 2 is 1.19 bits per heavy atom. The molecule has 142 valence electrons. The smallest absolute Gasteiger partial charge is 0.421 e. The number of rotatable bonds is 4. The summed E-state index contributed by atoms with van der Waals surface area (Å²) >= 11 is 0. The number of alkyl halides is 3. The van der Waals surface area contributed by atoms with Crippen molar-refractivity contribution < 1.29 is 28.1 Å². The maximum Gasteiger partial charge on any atom is 0.421 e. The van der Waals surface area contributed by atoms with Gasteiger partial charge in [0.1, 0.15) is 11.5 Å². The van der Waals surface area contributed by atoms with Gasteiger partial charge in [0.2, 0.25) is 0 Å². The topological polar surface area (TPSA) is 49.7 Å². The number of aliphatic hydroxyl groups is 2. The summed E-state index contributed by atoms with van der Waals surface area (Å²) < 4.78 is 45.2. The van der Waals surface area contributed by atoms with E-state index in [1.54, 1.807) is 32.0 Å². The van der Waals surface area contributed by atoms with Gasteiger partial charge in [0.15, 0.2) is 5.60 Å². The Balaban J connectivity index is 2.42. The second kappa shape index (κ2) is 6.59. The Morgan fingerprint density at radius 1 is 0.769 bits per heavy atom. The van der Waals surface area contributed by atoms with E-state index in [0.29, 0.717) is 16.9 Å². The van der Waals surface area contributed by atoms with Crippen LogP contribution in [0.25, 0.3) is 0 Å². The van der Waals surface area contributed by atoms with Crippen LogP contribution in [0.4, 0.5) is 13.2 Å². The van der Waals surface area contributed by atoms with Gasteiger partial charge < -0.3 is 14.9 Å². The number of hydrogen-bond acceptors (Lipinski definition) is 3. The molecule has 0 aromatic heterocycles. The maximum absolute atomic E-state index is 13.2. The summed E-state index contributed by atoms with van der Waals surface area (Å²) in [6, 6.07) is 9.28. The Bertz CT molecular complexity index is 803. The number of aryl methyl sites for hydroxylation is 2. The summed E-state index contributed by atoms with van der Waals surface area (Å²) in [5, 5.41) is 20.2. The zero-order chi connectivity index (χ0) is 19.9. The molecule has 2 rings (SSSR count). The number of ether oxygens (including phenoxy) is 1. The molecule has 0 heterocycles. The van der Waals surface area contributed by atoms with Crippen LogP contribution in [-0.4, -0.2) is 16.4 Å². The van der Waals surface area contributed by atoms with E-state index in [1.165, 1.54) is 25.1 Å². The van der Waals surface area contributed by atoms with Crippen molar-refractivity contribution in [1.82, 2.24) is 0 Å². The lowest BCUT2D eigenvalue weighted by molar-refractivity contribution is -0.259. The average Bonchev–Trinajstić information content (AvgIpc) is 2.48. The fourth-order valence-corrected chi connectivity index (χ4v) is 2.80. The van der Waals surface area contributed by atoms with Gasteiger partial charge in [-0.3, -0.25) is 0 Å². The first-order chi connectivity index (χ1) is 11.7. The summed E-state index contributed by atoms with van der Waals surface area (Å²) in [5.41, 5.74) is -2.50. The fraction of sp³-hybridized carbons (Fsp3) is 0.400. The van der Waals surface area contributed by atoms with Gasteiger partial charge in [0, 0.05) is 0 Å². The van der Waals surface area contributed by atoms with Crippen LogP contribution in [0.1, 0.15) is 43.0 Å². The lowest BCUT2D eigenvalue weighted by Crippen LogP contribution is -2.39. The van der Waals surface area contributed by atoms with E-state index < -0.39 is 17.4 Å². The molecule has 0 amide bonds. The first-order valence-corrected chi connectivity index (χ1v) is 8.15. The average molecular weight is 368 g/mol. The number of hydrogen-bond donors (Lipinski definition) is 2. The maximum atomic E-state index is 13.2. The third-order valence-electron chi connectivity index (χ3n) is 4.39. The standard InChI is InChI=1S/C20H23F3O3/c1-12-6-8-14(10-16(12)18(3,4)24)26-15-9-7-13(2)17(11-15)19(5,25)20(21,22)23/h6-11,24-25H,1-5H3. The predicted octanol–water partition coefficient (Wildman–Crippen LogP) is 5.09. The van der Waals surface area contributed by atoms with Crippen LogP contribution in [0, 0.1) is 13.8 Å². The first-order valence-electron chi connectivity index (χ1n) is 8.15. The Kier molecular flexibility index (Phi) is 5.14. The summed E-state index contributed by atoms with van der Waals surface area (Å²) in [7, 11) is 0. The van der Waals surface area contributed by atoms with E-state index in [0.717, 1.165) is 12.5 Å². The van der Waals surface area contributed by atoms with E-state index in [2.05, 4.69) is 0 Å². The molecular formula is C20H23F3O3. The zero-order valence-electron chi connectivity index (χ0n) is 15.4.